The lowest BCUT2D eigenvalue weighted by Gasteiger charge is -2.28. The molecule has 0 aliphatic heterocycles. The van der Waals surface area contributed by atoms with Crippen molar-refractivity contribution in [2.45, 2.75) is 6.92 Å². The molecule has 37 heavy (non-hydrogen) atoms. The van der Waals surface area contributed by atoms with Gasteiger partial charge < -0.3 is 19.3 Å². The predicted octanol–water partition coefficient (Wildman–Crippen LogP) is 9.03. The summed E-state index contributed by atoms with van der Waals surface area (Å²) < 4.78 is 11.0. The average Bonchev–Trinajstić information content (AvgIpc) is 2.97. The SMILES string of the molecule is CCOc1ccc(N(c2ccccc2)c2ccc(N(c3ccccc3)c3ccc(OC)cc3)cc2)cc1. The largest absolute Gasteiger partial charge is 0.497 e. The zero-order valence-electron chi connectivity index (χ0n) is 21.1. The molecule has 0 amide bonds. The summed E-state index contributed by atoms with van der Waals surface area (Å²) in [6.45, 7) is 2.64. The summed E-state index contributed by atoms with van der Waals surface area (Å²) in [5.74, 6) is 1.70. The second-order valence-electron chi connectivity index (χ2n) is 8.48. The maximum Gasteiger partial charge on any atom is 0.119 e. The van der Waals surface area contributed by atoms with E-state index in [0.717, 1.165) is 45.6 Å². The molecule has 5 aromatic carbocycles. The van der Waals surface area contributed by atoms with Gasteiger partial charge in [0.2, 0.25) is 0 Å². The topological polar surface area (TPSA) is 24.9 Å². The Labute approximate surface area is 219 Å². The van der Waals surface area contributed by atoms with Crippen LogP contribution < -0.4 is 19.3 Å². The molecule has 4 nitrogen and oxygen atoms in total. The molecule has 0 radical (unpaired) electrons. The summed E-state index contributed by atoms with van der Waals surface area (Å²) in [6, 6.07) is 45.8. The minimum atomic E-state index is 0.648. The second kappa shape index (κ2) is 11.4. The van der Waals surface area contributed by atoms with Crippen LogP contribution in [0.4, 0.5) is 34.1 Å². The van der Waals surface area contributed by atoms with Crippen LogP contribution in [0, 0.1) is 0 Å². The van der Waals surface area contributed by atoms with Crippen molar-refractivity contribution >= 4 is 34.1 Å². The van der Waals surface area contributed by atoms with Gasteiger partial charge in [0.25, 0.3) is 0 Å². The van der Waals surface area contributed by atoms with Gasteiger partial charge in [0.1, 0.15) is 11.5 Å². The van der Waals surface area contributed by atoms with E-state index in [4.69, 9.17) is 9.47 Å². The van der Waals surface area contributed by atoms with E-state index in [2.05, 4.69) is 107 Å². The molecule has 5 aromatic rings. The standard InChI is InChI=1S/C33H30N2O2/c1-3-37-33-24-20-31(21-25-33)35(27-12-8-5-9-13-27)29-16-14-28(15-17-29)34(26-10-6-4-7-11-26)30-18-22-32(36-2)23-19-30/h4-25H,3H2,1-2H3. The lowest BCUT2D eigenvalue weighted by Crippen LogP contribution is -2.12. The van der Waals surface area contributed by atoms with Crippen LogP contribution in [-0.2, 0) is 0 Å². The van der Waals surface area contributed by atoms with Crippen LogP contribution in [0.25, 0.3) is 0 Å². The third-order valence-electron chi connectivity index (χ3n) is 6.13. The molecule has 5 rings (SSSR count). The first-order valence-corrected chi connectivity index (χ1v) is 12.4. The van der Waals surface area contributed by atoms with Gasteiger partial charge >= 0.3 is 0 Å². The monoisotopic (exact) mass is 486 g/mol. The normalized spacial score (nSPS) is 10.5. The van der Waals surface area contributed by atoms with E-state index in [1.165, 1.54) is 0 Å². The Morgan fingerprint density at radius 3 is 1.11 bits per heavy atom. The van der Waals surface area contributed by atoms with Crippen LogP contribution in [0.15, 0.2) is 133 Å². The highest BCUT2D eigenvalue weighted by Gasteiger charge is 2.16. The molecule has 0 saturated carbocycles. The molecule has 0 fully saturated rings. The fourth-order valence-corrected chi connectivity index (χ4v) is 4.39. The number of nitrogens with zero attached hydrogens (tertiary/aromatic N) is 2. The van der Waals surface area contributed by atoms with Crippen molar-refractivity contribution in [3.63, 3.8) is 0 Å². The van der Waals surface area contributed by atoms with Crippen molar-refractivity contribution in [1.82, 2.24) is 0 Å². The van der Waals surface area contributed by atoms with Gasteiger partial charge in [-0.1, -0.05) is 36.4 Å². The second-order valence-corrected chi connectivity index (χ2v) is 8.48. The minimum absolute atomic E-state index is 0.648. The van der Waals surface area contributed by atoms with E-state index in [9.17, 15) is 0 Å². The Kier molecular flexibility index (Phi) is 7.37. The maximum absolute atomic E-state index is 5.66. The van der Waals surface area contributed by atoms with Crippen molar-refractivity contribution in [3.8, 4) is 11.5 Å². The van der Waals surface area contributed by atoms with E-state index in [1.54, 1.807) is 7.11 Å². The van der Waals surface area contributed by atoms with Gasteiger partial charge in [0, 0.05) is 34.1 Å². The summed E-state index contributed by atoms with van der Waals surface area (Å²) in [6.07, 6.45) is 0. The minimum Gasteiger partial charge on any atom is -0.497 e. The van der Waals surface area contributed by atoms with Crippen LogP contribution in [0.5, 0.6) is 11.5 Å². The zero-order chi connectivity index (χ0) is 25.5. The van der Waals surface area contributed by atoms with Gasteiger partial charge in [0.15, 0.2) is 0 Å². The lowest BCUT2D eigenvalue weighted by atomic mass is 10.1. The van der Waals surface area contributed by atoms with Gasteiger partial charge in [-0.3, -0.25) is 0 Å². The summed E-state index contributed by atoms with van der Waals surface area (Å²) in [4.78, 5) is 4.49. The summed E-state index contributed by atoms with van der Waals surface area (Å²) in [7, 11) is 1.69. The molecule has 0 saturated heterocycles. The van der Waals surface area contributed by atoms with E-state index >= 15 is 0 Å². The zero-order valence-corrected chi connectivity index (χ0v) is 21.1. The van der Waals surface area contributed by atoms with Crippen LogP contribution in [-0.4, -0.2) is 13.7 Å². The fourth-order valence-electron chi connectivity index (χ4n) is 4.39. The van der Waals surface area contributed by atoms with Crippen LogP contribution >= 0.6 is 0 Å². The van der Waals surface area contributed by atoms with Crippen molar-refractivity contribution in [2.24, 2.45) is 0 Å². The van der Waals surface area contributed by atoms with E-state index in [1.807, 2.05) is 43.3 Å². The third kappa shape index (κ3) is 5.44. The number of hydrogen-bond acceptors (Lipinski definition) is 4. The molecule has 0 aliphatic carbocycles. The van der Waals surface area contributed by atoms with Crippen LogP contribution in [0.3, 0.4) is 0 Å². The molecule has 0 spiro atoms. The maximum atomic E-state index is 5.66. The number of para-hydroxylation sites is 2. The van der Waals surface area contributed by atoms with Gasteiger partial charge in [-0.25, -0.2) is 0 Å². The smallest absolute Gasteiger partial charge is 0.119 e. The molecule has 184 valence electrons. The molecule has 0 aromatic heterocycles. The number of hydrogen-bond donors (Lipinski definition) is 0. The molecule has 0 heterocycles. The number of anilines is 6. The third-order valence-corrected chi connectivity index (χ3v) is 6.13. The quantitative estimate of drug-likeness (QED) is 0.207. The van der Waals surface area contributed by atoms with E-state index < -0.39 is 0 Å². The summed E-state index contributed by atoms with van der Waals surface area (Å²) in [5, 5.41) is 0. The molecule has 4 heteroatoms. The molecule has 0 atom stereocenters. The van der Waals surface area contributed by atoms with Gasteiger partial charge in [0.05, 0.1) is 13.7 Å². The highest BCUT2D eigenvalue weighted by Crippen LogP contribution is 2.39. The Bertz CT molecular complexity index is 1390. The fraction of sp³-hybridized carbons (Fsp3) is 0.0909. The van der Waals surface area contributed by atoms with Crippen molar-refractivity contribution in [3.05, 3.63) is 133 Å². The molecule has 0 bridgehead atoms. The van der Waals surface area contributed by atoms with Crippen molar-refractivity contribution in [2.75, 3.05) is 23.5 Å². The molecule has 0 N–H and O–H groups in total. The highest BCUT2D eigenvalue weighted by atomic mass is 16.5. The average molecular weight is 487 g/mol. The van der Waals surface area contributed by atoms with Gasteiger partial charge in [-0.2, -0.15) is 0 Å². The number of rotatable bonds is 9. The Hall–Kier alpha value is -4.70. The summed E-state index contributed by atoms with van der Waals surface area (Å²) in [5.41, 5.74) is 6.45. The van der Waals surface area contributed by atoms with Crippen molar-refractivity contribution in [1.29, 1.82) is 0 Å². The molecular formula is C33H30N2O2. The first-order valence-electron chi connectivity index (χ1n) is 12.4. The van der Waals surface area contributed by atoms with Gasteiger partial charge in [-0.05, 0) is 104 Å². The summed E-state index contributed by atoms with van der Waals surface area (Å²) >= 11 is 0. The lowest BCUT2D eigenvalue weighted by molar-refractivity contribution is 0.340. The number of methoxy groups -OCH3 is 1. The molecular weight excluding hydrogens is 456 g/mol. The Balaban J connectivity index is 1.54. The number of benzene rings is 5. The highest BCUT2D eigenvalue weighted by molar-refractivity contribution is 5.81. The molecule has 0 aliphatic rings. The van der Waals surface area contributed by atoms with Crippen LogP contribution in [0.1, 0.15) is 6.92 Å². The number of ether oxygens (including phenoxy) is 2. The van der Waals surface area contributed by atoms with E-state index in [-0.39, 0.29) is 0 Å². The first-order chi connectivity index (χ1) is 18.3. The Morgan fingerprint density at radius 1 is 0.432 bits per heavy atom. The van der Waals surface area contributed by atoms with Crippen LogP contribution in [0.2, 0.25) is 0 Å². The van der Waals surface area contributed by atoms with E-state index in [0.29, 0.717) is 6.61 Å². The van der Waals surface area contributed by atoms with Crippen molar-refractivity contribution < 1.29 is 9.47 Å². The van der Waals surface area contributed by atoms with Gasteiger partial charge in [-0.15, -0.1) is 0 Å². The predicted molar refractivity (Wildman–Crippen MR) is 154 cm³/mol. The Morgan fingerprint density at radius 2 is 0.757 bits per heavy atom. The first kappa shape index (κ1) is 24.0. The molecule has 0 unspecified atom stereocenters.